The zero-order valence-corrected chi connectivity index (χ0v) is 13.5. The molecule has 0 saturated heterocycles. The van der Waals surface area contributed by atoms with Crippen LogP contribution in [0.2, 0.25) is 0 Å². The minimum atomic E-state index is 0.664. The third-order valence-electron chi connectivity index (χ3n) is 4.66. The molecule has 0 bridgehead atoms. The topological polar surface area (TPSA) is 33.0 Å². The highest BCUT2D eigenvalue weighted by Gasteiger charge is 2.22. The van der Waals surface area contributed by atoms with Crippen molar-refractivity contribution in [2.75, 3.05) is 13.2 Å². The van der Waals surface area contributed by atoms with E-state index < -0.39 is 0 Å². The first-order valence-electron chi connectivity index (χ1n) is 8.52. The number of benzene rings is 1. The third kappa shape index (κ3) is 5.31. The van der Waals surface area contributed by atoms with Gasteiger partial charge in [-0.25, -0.2) is 0 Å². The highest BCUT2D eigenvalue weighted by Crippen LogP contribution is 2.35. The molecule has 2 rings (SSSR count). The number of rotatable bonds is 8. The maximum absolute atomic E-state index is 8.86. The van der Waals surface area contributed by atoms with Gasteiger partial charge in [-0.15, -0.1) is 6.58 Å². The molecule has 0 radical (unpaired) electrons. The van der Waals surface area contributed by atoms with Gasteiger partial charge >= 0.3 is 0 Å². The molecule has 2 heteroatoms. The molecule has 0 unspecified atom stereocenters. The van der Waals surface area contributed by atoms with Crippen LogP contribution in [0.3, 0.4) is 0 Å². The van der Waals surface area contributed by atoms with Gasteiger partial charge in [-0.1, -0.05) is 18.2 Å². The predicted octanol–water partition coefficient (Wildman–Crippen LogP) is 5.20. The summed E-state index contributed by atoms with van der Waals surface area (Å²) >= 11 is 0. The highest BCUT2D eigenvalue weighted by molar-refractivity contribution is 5.33. The quantitative estimate of drug-likeness (QED) is 0.488. The van der Waals surface area contributed by atoms with E-state index in [9.17, 15) is 0 Å². The van der Waals surface area contributed by atoms with Gasteiger partial charge in [-0.3, -0.25) is 0 Å². The zero-order valence-electron chi connectivity index (χ0n) is 13.5. The van der Waals surface area contributed by atoms with Crippen molar-refractivity contribution in [3.05, 3.63) is 48.0 Å². The number of unbranched alkanes of at least 4 members (excludes halogenated alkanes) is 2. The summed E-state index contributed by atoms with van der Waals surface area (Å²) in [6.45, 7) is 5.55. The number of hydrogen-bond acceptors (Lipinski definition) is 2. The van der Waals surface area contributed by atoms with Crippen molar-refractivity contribution in [1.82, 2.24) is 0 Å². The Bertz CT molecular complexity index is 477. The summed E-state index contributed by atoms with van der Waals surface area (Å²) in [6.07, 6.45) is 10.4. The number of nitrogens with zero attached hydrogens (tertiary/aromatic N) is 1. The third-order valence-corrected chi connectivity index (χ3v) is 4.66. The van der Waals surface area contributed by atoms with Crippen molar-refractivity contribution in [2.45, 2.75) is 50.9 Å². The number of hydrogen-bond donors (Lipinski definition) is 0. The molecule has 0 spiro atoms. The van der Waals surface area contributed by atoms with Gasteiger partial charge < -0.3 is 4.74 Å². The lowest BCUT2D eigenvalue weighted by Crippen LogP contribution is -2.18. The van der Waals surface area contributed by atoms with Crippen LogP contribution >= 0.6 is 0 Å². The van der Waals surface area contributed by atoms with Crippen LogP contribution in [0.4, 0.5) is 0 Å². The lowest BCUT2D eigenvalue weighted by atomic mass is 9.79. The molecular formula is C20H27NO. The number of ether oxygens (including phenoxy) is 1. The van der Waals surface area contributed by atoms with Gasteiger partial charge in [-0.05, 0) is 74.5 Å². The van der Waals surface area contributed by atoms with Crippen molar-refractivity contribution in [3.8, 4) is 6.07 Å². The molecule has 1 aromatic carbocycles. The van der Waals surface area contributed by atoms with Crippen molar-refractivity contribution in [3.63, 3.8) is 0 Å². The standard InChI is InChI=1S/C20H27NO/c1-2-3-4-5-14-22-16-18-8-12-20(13-9-18)19-10-6-17(15-21)7-11-19/h2,6-7,10-11,18,20H,1,3-5,8-9,12-14,16H2/t18-,20-. The minimum absolute atomic E-state index is 0.664. The summed E-state index contributed by atoms with van der Waals surface area (Å²) in [5.41, 5.74) is 2.14. The Morgan fingerprint density at radius 2 is 1.86 bits per heavy atom. The van der Waals surface area contributed by atoms with Crippen molar-refractivity contribution in [2.24, 2.45) is 5.92 Å². The summed E-state index contributed by atoms with van der Waals surface area (Å²) in [4.78, 5) is 0. The lowest BCUT2D eigenvalue weighted by Gasteiger charge is -2.28. The first-order chi connectivity index (χ1) is 10.8. The predicted molar refractivity (Wildman–Crippen MR) is 90.7 cm³/mol. The second-order valence-corrected chi connectivity index (χ2v) is 6.31. The first-order valence-corrected chi connectivity index (χ1v) is 8.52. The summed E-state index contributed by atoms with van der Waals surface area (Å²) in [6, 6.07) is 10.3. The molecule has 0 amide bonds. The largest absolute Gasteiger partial charge is 0.381 e. The second-order valence-electron chi connectivity index (χ2n) is 6.31. The Labute approximate surface area is 134 Å². The van der Waals surface area contributed by atoms with Gasteiger partial charge in [0.05, 0.1) is 11.6 Å². The Morgan fingerprint density at radius 1 is 1.14 bits per heavy atom. The van der Waals surface area contributed by atoms with E-state index in [1.54, 1.807) is 0 Å². The molecule has 2 nitrogen and oxygen atoms in total. The summed E-state index contributed by atoms with van der Waals surface area (Å²) in [5, 5.41) is 8.86. The molecule has 0 aromatic heterocycles. The normalized spacial score (nSPS) is 21.2. The summed E-state index contributed by atoms with van der Waals surface area (Å²) < 4.78 is 5.82. The van der Waals surface area contributed by atoms with Gasteiger partial charge in [0, 0.05) is 13.2 Å². The molecular weight excluding hydrogens is 270 g/mol. The molecule has 118 valence electrons. The summed E-state index contributed by atoms with van der Waals surface area (Å²) in [7, 11) is 0. The number of nitriles is 1. The number of allylic oxidation sites excluding steroid dienone is 1. The van der Waals surface area contributed by atoms with Gasteiger partial charge in [0.25, 0.3) is 0 Å². The zero-order chi connectivity index (χ0) is 15.6. The average Bonchev–Trinajstić information content (AvgIpc) is 2.59. The van der Waals surface area contributed by atoms with E-state index in [0.717, 1.165) is 37.5 Å². The van der Waals surface area contributed by atoms with Crippen LogP contribution in [-0.2, 0) is 4.74 Å². The van der Waals surface area contributed by atoms with Crippen LogP contribution in [0.5, 0.6) is 0 Å². The van der Waals surface area contributed by atoms with Gasteiger partial charge in [0.1, 0.15) is 0 Å². The van der Waals surface area contributed by atoms with E-state index in [2.05, 4.69) is 24.8 Å². The van der Waals surface area contributed by atoms with Gasteiger partial charge in [0.15, 0.2) is 0 Å². The maximum Gasteiger partial charge on any atom is 0.0991 e. The Hall–Kier alpha value is -1.59. The van der Waals surface area contributed by atoms with E-state index >= 15 is 0 Å². The SMILES string of the molecule is C=CCCCCOC[C@H]1CC[C@H](c2ccc(C#N)cc2)CC1. The van der Waals surface area contributed by atoms with E-state index in [0.29, 0.717) is 5.92 Å². The van der Waals surface area contributed by atoms with Crippen LogP contribution in [0.25, 0.3) is 0 Å². The maximum atomic E-state index is 8.86. The smallest absolute Gasteiger partial charge is 0.0991 e. The van der Waals surface area contributed by atoms with Crippen LogP contribution in [0, 0.1) is 17.2 Å². The average molecular weight is 297 g/mol. The van der Waals surface area contributed by atoms with E-state index in [1.165, 1.54) is 37.7 Å². The molecule has 0 N–H and O–H groups in total. The molecule has 0 heterocycles. The molecule has 1 aromatic rings. The fourth-order valence-electron chi connectivity index (χ4n) is 3.24. The van der Waals surface area contributed by atoms with Crippen molar-refractivity contribution >= 4 is 0 Å². The van der Waals surface area contributed by atoms with E-state index in [-0.39, 0.29) is 0 Å². The molecule has 0 atom stereocenters. The minimum Gasteiger partial charge on any atom is -0.381 e. The first kappa shape index (κ1) is 16.8. The van der Waals surface area contributed by atoms with Crippen molar-refractivity contribution < 1.29 is 4.74 Å². The lowest BCUT2D eigenvalue weighted by molar-refractivity contribution is 0.0804. The van der Waals surface area contributed by atoms with Crippen LogP contribution in [0.15, 0.2) is 36.9 Å². The Morgan fingerprint density at radius 3 is 2.50 bits per heavy atom. The van der Waals surface area contributed by atoms with Crippen LogP contribution in [-0.4, -0.2) is 13.2 Å². The van der Waals surface area contributed by atoms with Crippen LogP contribution < -0.4 is 0 Å². The molecule has 22 heavy (non-hydrogen) atoms. The fraction of sp³-hybridized carbons (Fsp3) is 0.550. The molecule has 0 aliphatic heterocycles. The van der Waals surface area contributed by atoms with Crippen LogP contribution in [0.1, 0.15) is 62.0 Å². The Kier molecular flexibility index (Phi) is 7.19. The van der Waals surface area contributed by atoms with Crippen molar-refractivity contribution in [1.29, 1.82) is 5.26 Å². The second kappa shape index (κ2) is 9.43. The molecule has 1 saturated carbocycles. The van der Waals surface area contributed by atoms with E-state index in [4.69, 9.17) is 10.00 Å². The van der Waals surface area contributed by atoms with Gasteiger partial charge in [0.2, 0.25) is 0 Å². The molecule has 1 aliphatic carbocycles. The fourth-order valence-corrected chi connectivity index (χ4v) is 3.24. The molecule has 1 aliphatic rings. The Balaban J connectivity index is 1.65. The monoisotopic (exact) mass is 297 g/mol. The van der Waals surface area contributed by atoms with Gasteiger partial charge in [-0.2, -0.15) is 5.26 Å². The molecule has 1 fully saturated rings. The summed E-state index contributed by atoms with van der Waals surface area (Å²) in [5.74, 6) is 1.39. The van der Waals surface area contributed by atoms with E-state index in [1.807, 2.05) is 18.2 Å². The highest BCUT2D eigenvalue weighted by atomic mass is 16.5.